The summed E-state index contributed by atoms with van der Waals surface area (Å²) < 4.78 is 11.1. The van der Waals surface area contributed by atoms with E-state index >= 15 is 0 Å². The van der Waals surface area contributed by atoms with Crippen molar-refractivity contribution in [3.63, 3.8) is 0 Å². The largest absolute Gasteiger partial charge is 0.352 e. The lowest BCUT2D eigenvalue weighted by atomic mass is 9.90. The number of carbonyl (C=O) groups is 1. The SMILES string of the molecule is CCOC(OCC)C1C=C(C=O)CCC1. The normalized spacial score (nSPS) is 21.5. The molecule has 0 bridgehead atoms. The van der Waals surface area contributed by atoms with Crippen molar-refractivity contribution in [1.29, 1.82) is 0 Å². The summed E-state index contributed by atoms with van der Waals surface area (Å²) in [5.74, 6) is 0.235. The summed E-state index contributed by atoms with van der Waals surface area (Å²) >= 11 is 0. The van der Waals surface area contributed by atoms with Crippen molar-refractivity contribution in [2.45, 2.75) is 39.4 Å². The Labute approximate surface area is 91.4 Å². The predicted octanol–water partition coefficient (Wildman–Crippen LogP) is 2.31. The predicted molar refractivity (Wildman–Crippen MR) is 58.5 cm³/mol. The number of rotatable bonds is 6. The molecule has 3 nitrogen and oxygen atoms in total. The van der Waals surface area contributed by atoms with E-state index in [-0.39, 0.29) is 12.2 Å². The minimum atomic E-state index is -0.185. The number of hydrogen-bond donors (Lipinski definition) is 0. The first kappa shape index (κ1) is 12.4. The Hall–Kier alpha value is -0.670. The number of hydrogen-bond acceptors (Lipinski definition) is 3. The third-order valence-corrected chi connectivity index (χ3v) is 2.59. The second-order valence-electron chi connectivity index (χ2n) is 3.69. The van der Waals surface area contributed by atoms with E-state index in [2.05, 4.69) is 0 Å². The topological polar surface area (TPSA) is 35.5 Å². The van der Waals surface area contributed by atoms with Crippen LogP contribution in [-0.4, -0.2) is 25.8 Å². The Balaban J connectivity index is 2.61. The maximum Gasteiger partial charge on any atom is 0.163 e. The third-order valence-electron chi connectivity index (χ3n) is 2.59. The highest BCUT2D eigenvalue weighted by atomic mass is 16.7. The smallest absolute Gasteiger partial charge is 0.163 e. The quantitative estimate of drug-likeness (QED) is 0.500. The summed E-state index contributed by atoms with van der Waals surface area (Å²) in [5.41, 5.74) is 0.885. The molecule has 0 saturated heterocycles. The molecule has 0 aromatic rings. The third kappa shape index (κ3) is 3.76. The molecule has 0 aliphatic heterocycles. The van der Waals surface area contributed by atoms with Crippen LogP contribution in [0, 0.1) is 5.92 Å². The molecule has 0 amide bonds. The van der Waals surface area contributed by atoms with Crippen LogP contribution in [0.15, 0.2) is 11.6 Å². The second kappa shape index (κ2) is 6.75. The van der Waals surface area contributed by atoms with Gasteiger partial charge in [0.2, 0.25) is 0 Å². The average Bonchev–Trinajstić information content (AvgIpc) is 2.29. The van der Waals surface area contributed by atoms with Crippen LogP contribution < -0.4 is 0 Å². The van der Waals surface area contributed by atoms with E-state index in [0.717, 1.165) is 31.1 Å². The minimum absolute atomic E-state index is 0.185. The van der Waals surface area contributed by atoms with Crippen molar-refractivity contribution in [3.8, 4) is 0 Å². The van der Waals surface area contributed by atoms with Gasteiger partial charge in [0.1, 0.15) is 6.29 Å². The van der Waals surface area contributed by atoms with Crippen molar-refractivity contribution < 1.29 is 14.3 Å². The first-order valence-electron chi connectivity index (χ1n) is 5.70. The van der Waals surface area contributed by atoms with E-state index in [1.54, 1.807) is 0 Å². The van der Waals surface area contributed by atoms with Crippen LogP contribution in [0.1, 0.15) is 33.1 Å². The maximum atomic E-state index is 10.7. The molecule has 0 heterocycles. The molecule has 0 aromatic carbocycles. The van der Waals surface area contributed by atoms with Gasteiger partial charge in [0.15, 0.2) is 6.29 Å². The fraction of sp³-hybridized carbons (Fsp3) is 0.750. The van der Waals surface area contributed by atoms with E-state index in [4.69, 9.17) is 9.47 Å². The van der Waals surface area contributed by atoms with Crippen LogP contribution in [0.2, 0.25) is 0 Å². The van der Waals surface area contributed by atoms with Crippen molar-refractivity contribution >= 4 is 6.29 Å². The number of carbonyl (C=O) groups excluding carboxylic acids is 1. The molecular weight excluding hydrogens is 192 g/mol. The molecule has 1 aliphatic rings. The molecular formula is C12H20O3. The molecule has 0 saturated carbocycles. The Morgan fingerprint density at radius 2 is 2.13 bits per heavy atom. The van der Waals surface area contributed by atoms with Gasteiger partial charge in [-0.05, 0) is 38.7 Å². The Bertz CT molecular complexity index is 217. The van der Waals surface area contributed by atoms with E-state index in [0.29, 0.717) is 13.2 Å². The van der Waals surface area contributed by atoms with E-state index in [1.807, 2.05) is 19.9 Å². The molecule has 1 aliphatic carbocycles. The number of ether oxygens (including phenoxy) is 2. The second-order valence-corrected chi connectivity index (χ2v) is 3.69. The van der Waals surface area contributed by atoms with Gasteiger partial charge < -0.3 is 9.47 Å². The van der Waals surface area contributed by atoms with Crippen LogP contribution >= 0.6 is 0 Å². The fourth-order valence-corrected chi connectivity index (χ4v) is 1.92. The van der Waals surface area contributed by atoms with Gasteiger partial charge in [-0.15, -0.1) is 0 Å². The monoisotopic (exact) mass is 212 g/mol. The van der Waals surface area contributed by atoms with E-state index in [1.165, 1.54) is 0 Å². The van der Waals surface area contributed by atoms with Crippen molar-refractivity contribution in [1.82, 2.24) is 0 Å². The van der Waals surface area contributed by atoms with E-state index in [9.17, 15) is 4.79 Å². The summed E-state index contributed by atoms with van der Waals surface area (Å²) in [5, 5.41) is 0. The van der Waals surface area contributed by atoms with Gasteiger partial charge in [0.05, 0.1) is 0 Å². The molecule has 15 heavy (non-hydrogen) atoms. The highest BCUT2D eigenvalue weighted by Gasteiger charge is 2.23. The van der Waals surface area contributed by atoms with Gasteiger partial charge in [-0.1, -0.05) is 6.08 Å². The fourth-order valence-electron chi connectivity index (χ4n) is 1.92. The zero-order valence-corrected chi connectivity index (χ0v) is 9.57. The summed E-state index contributed by atoms with van der Waals surface area (Å²) in [6.45, 7) is 5.20. The van der Waals surface area contributed by atoms with Gasteiger partial charge in [0, 0.05) is 19.1 Å². The summed E-state index contributed by atoms with van der Waals surface area (Å²) in [7, 11) is 0. The Morgan fingerprint density at radius 1 is 1.47 bits per heavy atom. The van der Waals surface area contributed by atoms with Crippen LogP contribution in [-0.2, 0) is 14.3 Å². The highest BCUT2D eigenvalue weighted by Crippen LogP contribution is 2.26. The summed E-state index contributed by atoms with van der Waals surface area (Å²) in [4.78, 5) is 10.7. The van der Waals surface area contributed by atoms with Crippen molar-refractivity contribution in [2.75, 3.05) is 13.2 Å². The first-order chi connectivity index (χ1) is 7.31. The van der Waals surface area contributed by atoms with Gasteiger partial charge in [-0.2, -0.15) is 0 Å². The van der Waals surface area contributed by atoms with Crippen LogP contribution in [0.25, 0.3) is 0 Å². The highest BCUT2D eigenvalue weighted by molar-refractivity contribution is 5.73. The van der Waals surface area contributed by atoms with Crippen molar-refractivity contribution in [3.05, 3.63) is 11.6 Å². The zero-order chi connectivity index (χ0) is 11.1. The molecule has 3 heteroatoms. The van der Waals surface area contributed by atoms with Crippen molar-refractivity contribution in [2.24, 2.45) is 5.92 Å². The Morgan fingerprint density at radius 3 is 2.67 bits per heavy atom. The van der Waals surface area contributed by atoms with Crippen LogP contribution in [0.4, 0.5) is 0 Å². The van der Waals surface area contributed by atoms with Gasteiger partial charge in [0.25, 0.3) is 0 Å². The Kier molecular flexibility index (Phi) is 5.58. The standard InChI is InChI=1S/C12H20O3/c1-3-14-12(15-4-2)11-7-5-6-10(8-11)9-13/h8-9,11-12H,3-7H2,1-2H3. The molecule has 0 N–H and O–H groups in total. The van der Waals surface area contributed by atoms with E-state index < -0.39 is 0 Å². The molecule has 86 valence electrons. The molecule has 0 fully saturated rings. The molecule has 0 spiro atoms. The van der Waals surface area contributed by atoms with Gasteiger partial charge >= 0.3 is 0 Å². The maximum absolute atomic E-state index is 10.7. The molecule has 1 atom stereocenters. The zero-order valence-electron chi connectivity index (χ0n) is 9.57. The molecule has 0 aromatic heterocycles. The summed E-state index contributed by atoms with van der Waals surface area (Å²) in [6.07, 6.45) is 5.75. The lowest BCUT2D eigenvalue weighted by Gasteiger charge is -2.27. The van der Waals surface area contributed by atoms with Crippen LogP contribution in [0.5, 0.6) is 0 Å². The molecule has 0 radical (unpaired) electrons. The average molecular weight is 212 g/mol. The van der Waals surface area contributed by atoms with Crippen LogP contribution in [0.3, 0.4) is 0 Å². The van der Waals surface area contributed by atoms with Gasteiger partial charge in [-0.25, -0.2) is 0 Å². The number of aldehydes is 1. The number of allylic oxidation sites excluding steroid dienone is 1. The lowest BCUT2D eigenvalue weighted by Crippen LogP contribution is -2.28. The molecule has 1 rings (SSSR count). The summed E-state index contributed by atoms with van der Waals surface area (Å²) in [6, 6.07) is 0. The first-order valence-corrected chi connectivity index (χ1v) is 5.70. The minimum Gasteiger partial charge on any atom is -0.352 e. The lowest BCUT2D eigenvalue weighted by molar-refractivity contribution is -0.159. The van der Waals surface area contributed by atoms with Gasteiger partial charge in [-0.3, -0.25) is 4.79 Å². The molecule has 1 unspecified atom stereocenters.